The van der Waals surface area contributed by atoms with Crippen LogP contribution in [0.4, 0.5) is 11.5 Å². The summed E-state index contributed by atoms with van der Waals surface area (Å²) in [6, 6.07) is 5.77. The second kappa shape index (κ2) is 6.61. The first-order valence-corrected chi connectivity index (χ1v) is 6.64. The average Bonchev–Trinajstić information content (AvgIpc) is 2.52. The Morgan fingerprint density at radius 1 is 1.41 bits per heavy atom. The van der Waals surface area contributed by atoms with Crippen LogP contribution in [0.5, 0.6) is 0 Å². The average molecular weight is 301 g/mol. The zero-order chi connectivity index (χ0) is 16.1. The molecule has 0 aliphatic carbocycles. The lowest BCUT2D eigenvalue weighted by molar-refractivity contribution is -0.384. The molecule has 0 aliphatic rings. The van der Waals surface area contributed by atoms with Crippen LogP contribution < -0.4 is 11.1 Å². The zero-order valence-corrected chi connectivity index (χ0v) is 11.9. The maximum atomic E-state index is 12.2. The Morgan fingerprint density at radius 2 is 2.14 bits per heavy atom. The fourth-order valence-electron chi connectivity index (χ4n) is 2.03. The summed E-state index contributed by atoms with van der Waals surface area (Å²) in [5, 5.41) is 13.6. The van der Waals surface area contributed by atoms with Gasteiger partial charge in [-0.15, -0.1) is 0 Å². The highest BCUT2D eigenvalue weighted by molar-refractivity contribution is 5.96. The number of carbonyl (C=O) groups excluding carboxylic acids is 1. The number of hydrogen-bond acceptors (Lipinski definition) is 6. The van der Waals surface area contributed by atoms with Gasteiger partial charge in [-0.1, -0.05) is 19.1 Å². The molecule has 0 saturated carbocycles. The number of nitrogens with one attached hydrogen (secondary N) is 1. The van der Waals surface area contributed by atoms with Crippen LogP contribution in [-0.4, -0.2) is 20.8 Å². The third kappa shape index (κ3) is 3.35. The lowest BCUT2D eigenvalue weighted by Gasteiger charge is -2.17. The molecule has 114 valence electrons. The van der Waals surface area contributed by atoms with Gasteiger partial charge in [0.25, 0.3) is 11.6 Å². The van der Waals surface area contributed by atoms with Crippen LogP contribution in [0.2, 0.25) is 0 Å². The van der Waals surface area contributed by atoms with Crippen molar-refractivity contribution in [2.24, 2.45) is 0 Å². The van der Waals surface area contributed by atoms with Gasteiger partial charge in [-0.05, 0) is 12.0 Å². The van der Waals surface area contributed by atoms with Gasteiger partial charge in [0.2, 0.25) is 0 Å². The van der Waals surface area contributed by atoms with E-state index in [0.717, 1.165) is 0 Å². The van der Waals surface area contributed by atoms with Crippen molar-refractivity contribution in [3.8, 4) is 0 Å². The minimum Gasteiger partial charge on any atom is -0.382 e. The van der Waals surface area contributed by atoms with E-state index in [-0.39, 0.29) is 23.2 Å². The molecular weight excluding hydrogens is 286 g/mol. The number of nitrogen functional groups attached to an aromatic ring is 1. The topological polar surface area (TPSA) is 124 Å². The predicted molar refractivity (Wildman–Crippen MR) is 80.0 cm³/mol. The molecule has 0 spiro atoms. The van der Waals surface area contributed by atoms with Gasteiger partial charge in [0.1, 0.15) is 0 Å². The van der Waals surface area contributed by atoms with E-state index in [1.54, 1.807) is 12.1 Å². The van der Waals surface area contributed by atoms with Crippen molar-refractivity contribution >= 4 is 17.4 Å². The molecule has 0 fully saturated rings. The first-order valence-electron chi connectivity index (χ1n) is 6.64. The molecule has 3 N–H and O–H groups in total. The Labute approximate surface area is 126 Å². The Bertz CT molecular complexity index is 704. The van der Waals surface area contributed by atoms with Crippen molar-refractivity contribution < 1.29 is 9.72 Å². The molecule has 22 heavy (non-hydrogen) atoms. The van der Waals surface area contributed by atoms with E-state index in [1.807, 2.05) is 6.92 Å². The smallest absolute Gasteiger partial charge is 0.274 e. The van der Waals surface area contributed by atoms with Gasteiger partial charge in [0, 0.05) is 24.5 Å². The highest BCUT2D eigenvalue weighted by atomic mass is 16.6. The monoisotopic (exact) mass is 301 g/mol. The lowest BCUT2D eigenvalue weighted by atomic mass is 10.0. The van der Waals surface area contributed by atoms with Gasteiger partial charge < -0.3 is 11.1 Å². The van der Waals surface area contributed by atoms with Crippen molar-refractivity contribution in [3.05, 3.63) is 58.0 Å². The molecule has 2 aromatic rings. The van der Waals surface area contributed by atoms with Gasteiger partial charge in [-0.25, -0.2) is 9.97 Å². The largest absolute Gasteiger partial charge is 0.382 e. The molecule has 1 atom stereocenters. The molecule has 1 aromatic heterocycles. The predicted octanol–water partition coefficient (Wildman–Crippen LogP) is 1.85. The Balaban J connectivity index is 2.22. The number of benzene rings is 1. The molecule has 0 radical (unpaired) electrons. The SMILES string of the molecule is CC[C@H](NC(=O)c1nccnc1N)c1cccc([N+](=O)[O-])c1. The van der Waals surface area contributed by atoms with Gasteiger partial charge in [-0.3, -0.25) is 14.9 Å². The maximum absolute atomic E-state index is 12.2. The number of nitro groups is 1. The van der Waals surface area contributed by atoms with Crippen molar-refractivity contribution in [2.45, 2.75) is 19.4 Å². The van der Waals surface area contributed by atoms with Crippen molar-refractivity contribution in [2.75, 3.05) is 5.73 Å². The van der Waals surface area contributed by atoms with Crippen LogP contribution in [-0.2, 0) is 0 Å². The molecule has 1 aromatic carbocycles. The standard InChI is InChI=1S/C14H15N5O3/c1-2-11(9-4-3-5-10(8-9)19(21)22)18-14(20)12-13(15)17-7-6-16-12/h3-8,11H,2H2,1H3,(H2,15,17)(H,18,20)/t11-/m0/s1. The van der Waals surface area contributed by atoms with E-state index >= 15 is 0 Å². The van der Waals surface area contributed by atoms with Crippen LogP contribution >= 0.6 is 0 Å². The summed E-state index contributed by atoms with van der Waals surface area (Å²) in [7, 11) is 0. The van der Waals surface area contributed by atoms with E-state index in [2.05, 4.69) is 15.3 Å². The number of anilines is 1. The molecular formula is C14H15N5O3. The number of rotatable bonds is 5. The van der Waals surface area contributed by atoms with Crippen LogP contribution in [0, 0.1) is 10.1 Å². The number of aromatic nitrogens is 2. The van der Waals surface area contributed by atoms with Gasteiger partial charge in [-0.2, -0.15) is 0 Å². The number of nitrogens with two attached hydrogens (primary N) is 1. The van der Waals surface area contributed by atoms with Crippen LogP contribution in [0.25, 0.3) is 0 Å². The fraction of sp³-hybridized carbons (Fsp3) is 0.214. The molecule has 0 unspecified atom stereocenters. The number of hydrogen-bond donors (Lipinski definition) is 2. The first-order chi connectivity index (χ1) is 10.5. The number of nitro benzene ring substituents is 1. The lowest BCUT2D eigenvalue weighted by Crippen LogP contribution is -2.29. The highest BCUT2D eigenvalue weighted by Gasteiger charge is 2.19. The molecule has 0 bridgehead atoms. The van der Waals surface area contributed by atoms with E-state index in [9.17, 15) is 14.9 Å². The molecule has 8 heteroatoms. The quantitative estimate of drug-likeness (QED) is 0.641. The van der Waals surface area contributed by atoms with Crippen molar-refractivity contribution in [1.29, 1.82) is 0 Å². The van der Waals surface area contributed by atoms with E-state index in [1.165, 1.54) is 24.5 Å². The second-order valence-corrected chi connectivity index (χ2v) is 4.58. The molecule has 1 amide bonds. The van der Waals surface area contributed by atoms with E-state index in [4.69, 9.17) is 5.73 Å². The van der Waals surface area contributed by atoms with Gasteiger partial charge in [0.15, 0.2) is 11.5 Å². The summed E-state index contributed by atoms with van der Waals surface area (Å²) in [6.07, 6.45) is 3.33. The molecule has 0 aliphatic heterocycles. The minimum atomic E-state index is -0.474. The Kier molecular flexibility index (Phi) is 4.62. The van der Waals surface area contributed by atoms with E-state index in [0.29, 0.717) is 12.0 Å². The highest BCUT2D eigenvalue weighted by Crippen LogP contribution is 2.22. The number of amides is 1. The first kappa shape index (κ1) is 15.4. The zero-order valence-electron chi connectivity index (χ0n) is 11.9. The Morgan fingerprint density at radius 3 is 2.77 bits per heavy atom. The Hall–Kier alpha value is -3.03. The summed E-state index contributed by atoms with van der Waals surface area (Å²) in [5.41, 5.74) is 6.27. The minimum absolute atomic E-state index is 0.0239. The number of non-ortho nitro benzene ring substituents is 1. The fourth-order valence-corrected chi connectivity index (χ4v) is 2.03. The summed E-state index contributed by atoms with van der Waals surface area (Å²) >= 11 is 0. The van der Waals surface area contributed by atoms with Crippen LogP contribution in [0.15, 0.2) is 36.7 Å². The van der Waals surface area contributed by atoms with E-state index < -0.39 is 10.8 Å². The van der Waals surface area contributed by atoms with Crippen molar-refractivity contribution in [3.63, 3.8) is 0 Å². The van der Waals surface area contributed by atoms with Gasteiger partial charge >= 0.3 is 0 Å². The molecule has 0 saturated heterocycles. The third-order valence-corrected chi connectivity index (χ3v) is 3.14. The summed E-state index contributed by atoms with van der Waals surface area (Å²) < 4.78 is 0. The van der Waals surface area contributed by atoms with Crippen LogP contribution in [0.3, 0.4) is 0 Å². The molecule has 2 rings (SSSR count). The normalized spacial score (nSPS) is 11.7. The molecule has 8 nitrogen and oxygen atoms in total. The number of carbonyl (C=O) groups is 1. The number of nitrogens with zero attached hydrogens (tertiary/aromatic N) is 3. The second-order valence-electron chi connectivity index (χ2n) is 4.58. The summed E-state index contributed by atoms with van der Waals surface area (Å²) in [5.74, 6) is -0.433. The third-order valence-electron chi connectivity index (χ3n) is 3.14. The van der Waals surface area contributed by atoms with Crippen LogP contribution in [0.1, 0.15) is 35.4 Å². The van der Waals surface area contributed by atoms with Gasteiger partial charge in [0.05, 0.1) is 11.0 Å². The summed E-state index contributed by atoms with van der Waals surface area (Å²) in [6.45, 7) is 1.86. The maximum Gasteiger partial charge on any atom is 0.274 e. The summed E-state index contributed by atoms with van der Waals surface area (Å²) in [4.78, 5) is 30.3. The van der Waals surface area contributed by atoms with Crippen molar-refractivity contribution in [1.82, 2.24) is 15.3 Å². The molecule has 1 heterocycles.